The number of pyridine rings is 1. The highest BCUT2D eigenvalue weighted by molar-refractivity contribution is 7.98. The summed E-state index contributed by atoms with van der Waals surface area (Å²) in [7, 11) is 1.68. The number of hydrogen-bond donors (Lipinski definition) is 0. The van der Waals surface area contributed by atoms with E-state index in [-0.39, 0.29) is 0 Å². The summed E-state index contributed by atoms with van der Waals surface area (Å²) >= 11 is 1.67. The van der Waals surface area contributed by atoms with Crippen LogP contribution in [0.15, 0.2) is 72.1 Å². The fourth-order valence-corrected chi connectivity index (χ4v) is 4.35. The minimum atomic E-state index is 0.805. The lowest BCUT2D eigenvalue weighted by Crippen LogP contribution is -1.95. The van der Waals surface area contributed by atoms with Crippen molar-refractivity contribution in [1.82, 2.24) is 24.4 Å². The molecule has 3 heterocycles. The molecule has 0 fully saturated rings. The highest BCUT2D eigenvalue weighted by Crippen LogP contribution is 2.30. The van der Waals surface area contributed by atoms with Crippen molar-refractivity contribution in [1.29, 1.82) is 0 Å². The molecule has 0 N–H and O–H groups in total. The summed E-state index contributed by atoms with van der Waals surface area (Å²) in [4.78, 5) is 0. The molecule has 0 saturated carbocycles. The molecule has 0 saturated heterocycles. The van der Waals surface area contributed by atoms with E-state index in [1.165, 1.54) is 16.5 Å². The normalized spacial score (nSPS) is 11.4. The second kappa shape index (κ2) is 7.25. The number of rotatable bonds is 5. The molecule has 5 rings (SSSR count). The molecule has 0 bridgehead atoms. The molecule has 0 aliphatic rings. The maximum Gasteiger partial charge on any atom is 0.196 e. The van der Waals surface area contributed by atoms with Crippen LogP contribution in [0.1, 0.15) is 11.1 Å². The largest absolute Gasteiger partial charge is 0.497 e. The summed E-state index contributed by atoms with van der Waals surface area (Å²) in [5.41, 5.74) is 5.34. The lowest BCUT2D eigenvalue weighted by atomic mass is 10.1. The third-order valence-corrected chi connectivity index (χ3v) is 5.95. The van der Waals surface area contributed by atoms with Gasteiger partial charge in [0.25, 0.3) is 0 Å². The minimum absolute atomic E-state index is 0.805. The predicted molar refractivity (Wildman–Crippen MR) is 115 cm³/mol. The van der Waals surface area contributed by atoms with Gasteiger partial charge in [0, 0.05) is 29.6 Å². The number of aromatic nitrogens is 5. The van der Waals surface area contributed by atoms with Gasteiger partial charge in [0.15, 0.2) is 10.8 Å². The van der Waals surface area contributed by atoms with Crippen molar-refractivity contribution in [2.24, 2.45) is 0 Å². The van der Waals surface area contributed by atoms with Gasteiger partial charge in [-0.2, -0.15) is 5.10 Å². The van der Waals surface area contributed by atoms with Crippen molar-refractivity contribution in [3.05, 3.63) is 78.1 Å². The van der Waals surface area contributed by atoms with Gasteiger partial charge in [-0.15, -0.1) is 10.2 Å². The predicted octanol–water partition coefficient (Wildman–Crippen LogP) is 4.68. The SMILES string of the molecule is COc1ccc2c(C)cc3nnc(SCc4ccc(-n5cccn5)cc4)n3c2c1. The van der Waals surface area contributed by atoms with Gasteiger partial charge in [0.1, 0.15) is 5.75 Å². The molecule has 0 radical (unpaired) electrons. The monoisotopic (exact) mass is 401 g/mol. The molecule has 0 atom stereocenters. The van der Waals surface area contributed by atoms with Crippen LogP contribution in [-0.4, -0.2) is 31.5 Å². The number of hydrogen-bond acceptors (Lipinski definition) is 5. The van der Waals surface area contributed by atoms with Gasteiger partial charge in [-0.1, -0.05) is 23.9 Å². The number of methoxy groups -OCH3 is 1. The Hall–Kier alpha value is -3.32. The Bertz CT molecular complexity index is 1290. The van der Waals surface area contributed by atoms with Gasteiger partial charge in [0.2, 0.25) is 0 Å². The van der Waals surface area contributed by atoms with Gasteiger partial charge in [-0.25, -0.2) is 4.68 Å². The van der Waals surface area contributed by atoms with E-state index in [2.05, 4.69) is 63.0 Å². The van der Waals surface area contributed by atoms with Crippen LogP contribution in [0.4, 0.5) is 0 Å². The summed E-state index contributed by atoms with van der Waals surface area (Å²) in [6.07, 6.45) is 3.72. The molecule has 0 unspecified atom stereocenters. The maximum absolute atomic E-state index is 5.43. The standard InChI is InChI=1S/C22H19N5OS/c1-15-12-21-24-25-22(27(21)20-13-18(28-2)8-9-19(15)20)29-14-16-4-6-17(7-5-16)26-11-3-10-23-26/h3-13H,14H2,1-2H3. The highest BCUT2D eigenvalue weighted by Gasteiger charge is 2.12. The summed E-state index contributed by atoms with van der Waals surface area (Å²) in [5, 5.41) is 15.1. The summed E-state index contributed by atoms with van der Waals surface area (Å²) in [5.74, 6) is 1.63. The van der Waals surface area contributed by atoms with Gasteiger partial charge in [0.05, 0.1) is 18.3 Å². The first kappa shape index (κ1) is 17.8. The Morgan fingerprint density at radius 2 is 1.90 bits per heavy atom. The molecular formula is C22H19N5OS. The van der Waals surface area contributed by atoms with Gasteiger partial charge in [-0.3, -0.25) is 4.40 Å². The van der Waals surface area contributed by atoms with Crippen molar-refractivity contribution < 1.29 is 4.74 Å². The maximum atomic E-state index is 5.43. The zero-order chi connectivity index (χ0) is 19.8. The van der Waals surface area contributed by atoms with Crippen LogP contribution in [0.5, 0.6) is 5.75 Å². The number of fused-ring (bicyclic) bond motifs is 3. The van der Waals surface area contributed by atoms with Crippen molar-refractivity contribution in [3.63, 3.8) is 0 Å². The smallest absolute Gasteiger partial charge is 0.196 e. The quantitative estimate of drug-likeness (QED) is 0.400. The third-order valence-electron chi connectivity index (χ3n) is 4.95. The van der Waals surface area contributed by atoms with Crippen LogP contribution >= 0.6 is 11.8 Å². The van der Waals surface area contributed by atoms with Crippen LogP contribution in [0.25, 0.3) is 22.2 Å². The summed E-state index contributed by atoms with van der Waals surface area (Å²) < 4.78 is 9.39. The zero-order valence-corrected chi connectivity index (χ0v) is 16.9. The molecule has 0 aliphatic carbocycles. The van der Waals surface area contributed by atoms with Crippen LogP contribution in [0.3, 0.4) is 0 Å². The van der Waals surface area contributed by atoms with E-state index >= 15 is 0 Å². The van der Waals surface area contributed by atoms with Crippen LogP contribution in [-0.2, 0) is 5.75 Å². The molecular weight excluding hydrogens is 382 g/mol. The second-order valence-electron chi connectivity index (χ2n) is 6.79. The first-order valence-corrected chi connectivity index (χ1v) is 10.3. The molecule has 6 nitrogen and oxygen atoms in total. The number of nitrogens with zero attached hydrogens (tertiary/aromatic N) is 5. The Morgan fingerprint density at radius 1 is 1.03 bits per heavy atom. The second-order valence-corrected chi connectivity index (χ2v) is 7.73. The number of benzene rings is 2. The van der Waals surface area contributed by atoms with E-state index in [9.17, 15) is 0 Å². The lowest BCUT2D eigenvalue weighted by molar-refractivity contribution is 0.415. The molecule has 5 aromatic rings. The van der Waals surface area contributed by atoms with Crippen molar-refractivity contribution >= 4 is 28.3 Å². The summed E-state index contributed by atoms with van der Waals surface area (Å²) in [6, 6.07) is 18.5. The number of aryl methyl sites for hydroxylation is 1. The Kier molecular flexibility index (Phi) is 4.44. The van der Waals surface area contributed by atoms with Gasteiger partial charge in [-0.05, 0) is 54.4 Å². The molecule has 3 aromatic heterocycles. The average Bonchev–Trinajstić information content (AvgIpc) is 3.43. The Balaban J connectivity index is 1.47. The van der Waals surface area contributed by atoms with Crippen LogP contribution in [0, 0.1) is 6.92 Å². The fraction of sp³-hybridized carbons (Fsp3) is 0.136. The third kappa shape index (κ3) is 3.23. The Labute approximate surface area is 172 Å². The van der Waals surface area contributed by atoms with Crippen LogP contribution in [0.2, 0.25) is 0 Å². The summed E-state index contributed by atoms with van der Waals surface area (Å²) in [6.45, 7) is 2.09. The molecule has 144 valence electrons. The van der Waals surface area contributed by atoms with Gasteiger partial charge < -0.3 is 4.74 Å². The molecule has 0 amide bonds. The van der Waals surface area contributed by atoms with E-state index in [1.807, 2.05) is 29.1 Å². The van der Waals surface area contributed by atoms with Crippen LogP contribution < -0.4 is 4.74 Å². The number of thioether (sulfide) groups is 1. The van der Waals surface area contributed by atoms with Crippen molar-refractivity contribution in [2.45, 2.75) is 17.8 Å². The van der Waals surface area contributed by atoms with Crippen molar-refractivity contribution in [3.8, 4) is 11.4 Å². The molecule has 2 aromatic carbocycles. The number of ether oxygens (including phenoxy) is 1. The molecule has 0 spiro atoms. The van der Waals surface area contributed by atoms with Gasteiger partial charge >= 0.3 is 0 Å². The topological polar surface area (TPSA) is 57.2 Å². The van der Waals surface area contributed by atoms with E-state index < -0.39 is 0 Å². The minimum Gasteiger partial charge on any atom is -0.497 e. The van der Waals surface area contributed by atoms with Crippen molar-refractivity contribution in [2.75, 3.05) is 7.11 Å². The van der Waals surface area contributed by atoms with E-state index in [4.69, 9.17) is 4.74 Å². The lowest BCUT2D eigenvalue weighted by Gasteiger charge is -2.09. The van der Waals surface area contributed by atoms with E-state index in [1.54, 1.807) is 25.1 Å². The fourth-order valence-electron chi connectivity index (χ4n) is 3.44. The van der Waals surface area contributed by atoms with E-state index in [0.717, 1.165) is 33.5 Å². The molecule has 0 aliphatic heterocycles. The van der Waals surface area contributed by atoms with E-state index in [0.29, 0.717) is 0 Å². The first-order valence-electron chi connectivity index (χ1n) is 9.27. The Morgan fingerprint density at radius 3 is 2.66 bits per heavy atom. The first-order chi connectivity index (χ1) is 14.2. The average molecular weight is 401 g/mol. The molecule has 29 heavy (non-hydrogen) atoms. The highest BCUT2D eigenvalue weighted by atomic mass is 32.2. The molecule has 7 heteroatoms. The zero-order valence-electron chi connectivity index (χ0n) is 16.1.